The molecule has 0 bridgehead atoms. The number of hydrogen-bond donors (Lipinski definition) is 0. The van der Waals surface area contributed by atoms with Crippen molar-refractivity contribution >= 4 is 21.5 Å². The fourth-order valence-electron chi connectivity index (χ4n) is 14.3. The second kappa shape index (κ2) is 20.2. The van der Waals surface area contributed by atoms with Gasteiger partial charge in [0, 0.05) is 10.8 Å². The zero-order valence-electron chi connectivity index (χ0n) is 48.9. The first kappa shape index (κ1) is 51.3. The van der Waals surface area contributed by atoms with Crippen molar-refractivity contribution in [3.63, 3.8) is 0 Å². The molecule has 0 heteroatoms. The molecule has 0 N–H and O–H groups in total. The van der Waals surface area contributed by atoms with Crippen molar-refractivity contribution in [1.82, 2.24) is 0 Å². The lowest BCUT2D eigenvalue weighted by Gasteiger charge is -2.24. The average molecular weight is 1100 g/mol. The van der Waals surface area contributed by atoms with Crippen molar-refractivity contribution in [2.45, 2.75) is 38.5 Å². The molecule has 0 unspecified atom stereocenters. The van der Waals surface area contributed by atoms with Gasteiger partial charge in [0.15, 0.2) is 0 Å². The highest BCUT2D eigenvalue weighted by molar-refractivity contribution is 5.98. The van der Waals surface area contributed by atoms with Crippen LogP contribution in [0.25, 0.3) is 144 Å². The van der Waals surface area contributed by atoms with E-state index in [0.29, 0.717) is 0 Å². The highest BCUT2D eigenvalue weighted by Gasteiger charge is 2.38. The number of hydrogen-bond acceptors (Lipinski definition) is 0. The maximum Gasteiger partial charge on any atom is 0.0159 e. The lowest BCUT2D eigenvalue weighted by atomic mass is 9.79. The number of benzene rings is 14. The molecule has 0 aliphatic heterocycles. The van der Waals surface area contributed by atoms with E-state index in [4.69, 9.17) is 0 Å². The molecule has 14 aromatic rings. The van der Waals surface area contributed by atoms with E-state index in [1.165, 1.54) is 166 Å². The monoisotopic (exact) mass is 1090 g/mol. The minimum atomic E-state index is -0.159. The molecule has 0 saturated heterocycles. The normalized spacial score (nSPS) is 13.3. The second-order valence-electron chi connectivity index (χ2n) is 24.8. The maximum absolute atomic E-state index is 2.47. The topological polar surface area (TPSA) is 0 Å². The van der Waals surface area contributed by atoms with Crippen LogP contribution in [0.5, 0.6) is 0 Å². The molecule has 0 saturated carbocycles. The third-order valence-corrected chi connectivity index (χ3v) is 19.2. The molecular weight excluding hydrogens is 1030 g/mol. The molecule has 406 valence electrons. The van der Waals surface area contributed by atoms with Gasteiger partial charge in [0.2, 0.25) is 0 Å². The quantitative estimate of drug-likeness (QED) is 0.135. The van der Waals surface area contributed by atoms with E-state index >= 15 is 0 Å². The van der Waals surface area contributed by atoms with Gasteiger partial charge in [-0.2, -0.15) is 0 Å². The molecule has 2 aliphatic carbocycles. The van der Waals surface area contributed by atoms with E-state index in [1.807, 2.05) is 0 Å². The van der Waals surface area contributed by atoms with Crippen LogP contribution >= 0.6 is 0 Å². The predicted molar refractivity (Wildman–Crippen MR) is 366 cm³/mol. The Balaban J connectivity index is 0.593. The molecule has 14 aromatic carbocycles. The van der Waals surface area contributed by atoms with Crippen LogP contribution in [0.15, 0.2) is 303 Å². The SMILES string of the molecule is CC1(C)c2cc(-c3ccc(-c4ccc(-c5ccc(-c6cccc7ccccc67)cc5)cc4)cc3)ccc2-c2ccc(-c3ccc4c(c3)C(C)(C)c3cc(-c5ccc(-c6ccc(-c7ccc(-c8cccc9ccccc89)cc7)cc6)cc5)ccc3-4)cc21. The summed E-state index contributed by atoms with van der Waals surface area (Å²) in [6.45, 7) is 9.60. The van der Waals surface area contributed by atoms with E-state index in [9.17, 15) is 0 Å². The number of fused-ring (bicyclic) bond motifs is 8. The van der Waals surface area contributed by atoms with Crippen LogP contribution in [0.4, 0.5) is 0 Å². The molecule has 0 spiro atoms. The van der Waals surface area contributed by atoms with Gasteiger partial charge in [-0.15, -0.1) is 0 Å². The minimum absolute atomic E-state index is 0.159. The summed E-state index contributed by atoms with van der Waals surface area (Å²) in [6, 6.07) is 113. The summed E-state index contributed by atoms with van der Waals surface area (Å²) in [5.74, 6) is 0. The van der Waals surface area contributed by atoms with Gasteiger partial charge in [-0.1, -0.05) is 307 Å². The van der Waals surface area contributed by atoms with Crippen LogP contribution in [0.1, 0.15) is 49.9 Å². The van der Waals surface area contributed by atoms with Crippen LogP contribution in [-0.4, -0.2) is 0 Å². The molecule has 0 fully saturated rings. The first-order valence-electron chi connectivity index (χ1n) is 30.3. The van der Waals surface area contributed by atoms with Crippen LogP contribution in [-0.2, 0) is 10.8 Å². The van der Waals surface area contributed by atoms with Crippen LogP contribution in [0, 0.1) is 0 Å². The van der Waals surface area contributed by atoms with Gasteiger partial charge < -0.3 is 0 Å². The smallest absolute Gasteiger partial charge is 0.0159 e. The molecule has 0 heterocycles. The summed E-state index contributed by atoms with van der Waals surface area (Å²) in [5, 5.41) is 5.10. The Morgan fingerprint density at radius 1 is 0.163 bits per heavy atom. The van der Waals surface area contributed by atoms with Crippen molar-refractivity contribution in [3.05, 3.63) is 326 Å². The Morgan fingerprint density at radius 2 is 0.360 bits per heavy atom. The van der Waals surface area contributed by atoms with Crippen molar-refractivity contribution in [3.8, 4) is 122 Å². The molecule has 2 aliphatic rings. The standard InChI is InChI=1S/C86H62/c1-85(2)81-51-69(63-31-27-59(28-32-63)55-19-23-57(24-20-55)61-35-39-67(40-36-61)75-17-9-13-65-11-5-7-15-73(65)75)43-47-77(81)79-49-45-71(53-83(79)85)72-46-50-80-78-48-44-70(52-82(78)86(3,4)84(80)54-72)64-33-29-60(30-34-64)56-21-25-58(26-22-56)62-37-41-68(42-38-62)76-18-10-14-66-12-6-8-16-74(66)76/h5-54H,1-4H3. The van der Waals surface area contributed by atoms with Crippen molar-refractivity contribution in [2.24, 2.45) is 0 Å². The van der Waals surface area contributed by atoms with Gasteiger partial charge in [0.05, 0.1) is 0 Å². The average Bonchev–Trinajstić information content (AvgIpc) is 1.75. The fourth-order valence-corrected chi connectivity index (χ4v) is 14.3. The van der Waals surface area contributed by atoms with E-state index < -0.39 is 0 Å². The van der Waals surface area contributed by atoms with Crippen molar-refractivity contribution < 1.29 is 0 Å². The van der Waals surface area contributed by atoms with Crippen LogP contribution in [0.2, 0.25) is 0 Å². The second-order valence-corrected chi connectivity index (χ2v) is 24.8. The van der Waals surface area contributed by atoms with Gasteiger partial charge in [0.1, 0.15) is 0 Å². The molecule has 0 amide bonds. The van der Waals surface area contributed by atoms with Gasteiger partial charge in [-0.05, 0) is 190 Å². The Morgan fingerprint density at radius 3 is 0.628 bits per heavy atom. The van der Waals surface area contributed by atoms with E-state index in [1.54, 1.807) is 0 Å². The lowest BCUT2D eigenvalue weighted by molar-refractivity contribution is 0.660. The number of rotatable bonds is 9. The van der Waals surface area contributed by atoms with Crippen LogP contribution < -0.4 is 0 Å². The van der Waals surface area contributed by atoms with Gasteiger partial charge in [-0.3, -0.25) is 0 Å². The maximum atomic E-state index is 2.47. The molecular formula is C86H62. The highest BCUT2D eigenvalue weighted by atomic mass is 14.4. The van der Waals surface area contributed by atoms with E-state index in [0.717, 1.165) is 0 Å². The van der Waals surface area contributed by atoms with Gasteiger partial charge >= 0.3 is 0 Å². The van der Waals surface area contributed by atoms with E-state index in [-0.39, 0.29) is 10.8 Å². The largest absolute Gasteiger partial charge is 0.0616 e. The third-order valence-electron chi connectivity index (χ3n) is 19.2. The first-order chi connectivity index (χ1) is 42.1. The molecule has 0 nitrogen and oxygen atoms in total. The molecule has 86 heavy (non-hydrogen) atoms. The summed E-state index contributed by atoms with van der Waals surface area (Å²) >= 11 is 0. The Labute approximate surface area is 505 Å². The predicted octanol–water partition coefficient (Wildman–Crippen LogP) is 23.6. The summed E-state index contributed by atoms with van der Waals surface area (Å²) in [4.78, 5) is 0. The van der Waals surface area contributed by atoms with E-state index in [2.05, 4.69) is 331 Å². The Bertz CT molecular complexity index is 4630. The van der Waals surface area contributed by atoms with Gasteiger partial charge in [0.25, 0.3) is 0 Å². The zero-order chi connectivity index (χ0) is 57.7. The Kier molecular flexibility index (Phi) is 12.0. The lowest BCUT2D eigenvalue weighted by Crippen LogP contribution is -2.15. The molecule has 16 rings (SSSR count). The summed E-state index contributed by atoms with van der Waals surface area (Å²) in [6.07, 6.45) is 0. The third kappa shape index (κ3) is 8.66. The zero-order valence-corrected chi connectivity index (χ0v) is 48.9. The molecule has 0 atom stereocenters. The Hall–Kier alpha value is -10.4. The first-order valence-corrected chi connectivity index (χ1v) is 30.3. The fraction of sp³-hybridized carbons (Fsp3) is 0.0698. The molecule has 0 radical (unpaired) electrons. The van der Waals surface area contributed by atoms with Crippen LogP contribution in [0.3, 0.4) is 0 Å². The minimum Gasteiger partial charge on any atom is -0.0616 e. The van der Waals surface area contributed by atoms with Crippen molar-refractivity contribution in [1.29, 1.82) is 0 Å². The summed E-state index contributed by atoms with van der Waals surface area (Å²) < 4.78 is 0. The highest BCUT2D eigenvalue weighted by Crippen LogP contribution is 2.53. The summed E-state index contributed by atoms with van der Waals surface area (Å²) in [5.41, 5.74) is 32.8. The van der Waals surface area contributed by atoms with Crippen molar-refractivity contribution in [2.75, 3.05) is 0 Å². The van der Waals surface area contributed by atoms with Gasteiger partial charge in [-0.25, -0.2) is 0 Å². The molecule has 0 aromatic heterocycles. The summed E-state index contributed by atoms with van der Waals surface area (Å²) in [7, 11) is 0.